The average molecular weight is 283 g/mol. The third kappa shape index (κ3) is 5.15. The van der Waals surface area contributed by atoms with Crippen LogP contribution in [0.25, 0.3) is 0 Å². The monoisotopic (exact) mass is 283 g/mol. The van der Waals surface area contributed by atoms with Crippen molar-refractivity contribution < 1.29 is 29.3 Å². The summed E-state index contributed by atoms with van der Waals surface area (Å²) in [6.07, 6.45) is 0. The molecule has 0 saturated heterocycles. The Morgan fingerprint density at radius 2 is 2.00 bits per heavy atom. The molecule has 110 valence electrons. The SMILES string of the molecule is COCCN(CC(=O)O)C(=O)COc1ccccc1O. The molecule has 0 unspecified atom stereocenters. The first kappa shape index (κ1) is 15.8. The highest BCUT2D eigenvalue weighted by Crippen LogP contribution is 2.24. The summed E-state index contributed by atoms with van der Waals surface area (Å²) < 4.78 is 9.98. The molecule has 1 aromatic carbocycles. The first-order valence-corrected chi connectivity index (χ1v) is 5.94. The number of amides is 1. The summed E-state index contributed by atoms with van der Waals surface area (Å²) in [4.78, 5) is 23.7. The lowest BCUT2D eigenvalue weighted by Gasteiger charge is -2.20. The minimum Gasteiger partial charge on any atom is -0.504 e. The number of phenolic OH excluding ortho intramolecular Hbond substituents is 1. The Hall–Kier alpha value is -2.28. The van der Waals surface area contributed by atoms with E-state index in [1.54, 1.807) is 12.1 Å². The zero-order valence-electron chi connectivity index (χ0n) is 11.1. The van der Waals surface area contributed by atoms with Gasteiger partial charge in [-0.05, 0) is 12.1 Å². The normalized spacial score (nSPS) is 10.1. The molecule has 7 nitrogen and oxygen atoms in total. The van der Waals surface area contributed by atoms with Gasteiger partial charge in [0.05, 0.1) is 6.61 Å². The molecule has 0 radical (unpaired) electrons. The molecule has 0 aliphatic heterocycles. The Kier molecular flexibility index (Phi) is 6.31. The summed E-state index contributed by atoms with van der Waals surface area (Å²) in [5, 5.41) is 18.2. The number of carboxylic acids is 1. The number of carbonyl (C=O) groups is 2. The third-order valence-corrected chi connectivity index (χ3v) is 2.46. The minimum absolute atomic E-state index is 0.0815. The first-order valence-electron chi connectivity index (χ1n) is 5.94. The second-order valence-corrected chi connectivity index (χ2v) is 3.96. The van der Waals surface area contributed by atoms with E-state index in [4.69, 9.17) is 14.6 Å². The lowest BCUT2D eigenvalue weighted by atomic mass is 10.3. The van der Waals surface area contributed by atoms with Crippen LogP contribution in [0.1, 0.15) is 0 Å². The van der Waals surface area contributed by atoms with Crippen LogP contribution in [0.15, 0.2) is 24.3 Å². The zero-order chi connectivity index (χ0) is 15.0. The Bertz CT molecular complexity index is 462. The average Bonchev–Trinajstić information content (AvgIpc) is 2.41. The van der Waals surface area contributed by atoms with Gasteiger partial charge in [-0.3, -0.25) is 9.59 Å². The maximum Gasteiger partial charge on any atom is 0.323 e. The van der Waals surface area contributed by atoms with Crippen molar-refractivity contribution in [2.45, 2.75) is 0 Å². The number of hydrogen-bond acceptors (Lipinski definition) is 5. The van der Waals surface area contributed by atoms with Gasteiger partial charge in [0.15, 0.2) is 18.1 Å². The lowest BCUT2D eigenvalue weighted by Crippen LogP contribution is -2.40. The van der Waals surface area contributed by atoms with Gasteiger partial charge >= 0.3 is 5.97 Å². The lowest BCUT2D eigenvalue weighted by molar-refractivity contribution is -0.145. The maximum atomic E-state index is 11.9. The molecule has 1 aromatic rings. The van der Waals surface area contributed by atoms with Gasteiger partial charge in [0, 0.05) is 13.7 Å². The molecular weight excluding hydrogens is 266 g/mol. The van der Waals surface area contributed by atoms with E-state index in [1.165, 1.54) is 19.2 Å². The molecule has 1 amide bonds. The van der Waals surface area contributed by atoms with Gasteiger partial charge in [-0.15, -0.1) is 0 Å². The number of aromatic hydroxyl groups is 1. The predicted octanol–water partition coefficient (Wildman–Crippen LogP) is 0.331. The van der Waals surface area contributed by atoms with Crippen LogP contribution >= 0.6 is 0 Å². The van der Waals surface area contributed by atoms with Crippen LogP contribution < -0.4 is 4.74 Å². The van der Waals surface area contributed by atoms with Crippen LogP contribution in [0, 0.1) is 0 Å². The van der Waals surface area contributed by atoms with E-state index in [2.05, 4.69) is 0 Å². The van der Waals surface area contributed by atoms with Crippen molar-refractivity contribution >= 4 is 11.9 Å². The van der Waals surface area contributed by atoms with Crippen LogP contribution in [-0.4, -0.2) is 60.4 Å². The van der Waals surface area contributed by atoms with Crippen molar-refractivity contribution in [3.8, 4) is 11.5 Å². The molecule has 0 bridgehead atoms. The van der Waals surface area contributed by atoms with Crippen LogP contribution in [0.4, 0.5) is 0 Å². The molecule has 1 rings (SSSR count). The Labute approximate surface area is 116 Å². The van der Waals surface area contributed by atoms with E-state index in [-0.39, 0.29) is 31.3 Å². The zero-order valence-corrected chi connectivity index (χ0v) is 11.1. The molecule has 0 heterocycles. The number of carbonyl (C=O) groups excluding carboxylic acids is 1. The van der Waals surface area contributed by atoms with Gasteiger partial charge in [0.25, 0.3) is 5.91 Å². The van der Waals surface area contributed by atoms with Crippen molar-refractivity contribution in [2.24, 2.45) is 0 Å². The highest BCUT2D eigenvalue weighted by Gasteiger charge is 2.17. The Balaban J connectivity index is 2.57. The van der Waals surface area contributed by atoms with E-state index < -0.39 is 18.4 Å². The van der Waals surface area contributed by atoms with Crippen LogP contribution in [0.5, 0.6) is 11.5 Å². The number of carboxylic acid groups (broad SMARTS) is 1. The van der Waals surface area contributed by atoms with Gasteiger partial charge < -0.3 is 24.6 Å². The largest absolute Gasteiger partial charge is 0.504 e. The Morgan fingerprint density at radius 3 is 2.60 bits per heavy atom. The van der Waals surface area contributed by atoms with Crippen LogP contribution in [0.3, 0.4) is 0 Å². The number of benzene rings is 1. The van der Waals surface area contributed by atoms with Crippen molar-refractivity contribution in [1.82, 2.24) is 4.90 Å². The molecule has 0 saturated carbocycles. The summed E-state index contributed by atoms with van der Waals surface area (Å²) in [6.45, 7) is -0.387. The Morgan fingerprint density at radius 1 is 1.30 bits per heavy atom. The fourth-order valence-electron chi connectivity index (χ4n) is 1.47. The smallest absolute Gasteiger partial charge is 0.323 e. The molecule has 0 spiro atoms. The van der Waals surface area contributed by atoms with Crippen molar-refractivity contribution in [2.75, 3.05) is 33.4 Å². The van der Waals surface area contributed by atoms with Crippen LogP contribution in [0.2, 0.25) is 0 Å². The minimum atomic E-state index is -1.11. The molecular formula is C13H17NO6. The number of hydrogen-bond donors (Lipinski definition) is 2. The highest BCUT2D eigenvalue weighted by atomic mass is 16.5. The van der Waals surface area contributed by atoms with E-state index in [0.717, 1.165) is 4.90 Å². The summed E-state index contributed by atoms with van der Waals surface area (Å²) in [7, 11) is 1.46. The van der Waals surface area contributed by atoms with Crippen LogP contribution in [-0.2, 0) is 14.3 Å². The van der Waals surface area contributed by atoms with E-state index >= 15 is 0 Å². The van der Waals surface area contributed by atoms with E-state index in [9.17, 15) is 14.7 Å². The topological polar surface area (TPSA) is 96.3 Å². The van der Waals surface area contributed by atoms with Gasteiger partial charge in [-0.2, -0.15) is 0 Å². The first-order chi connectivity index (χ1) is 9.54. The van der Waals surface area contributed by atoms with Gasteiger partial charge in [-0.1, -0.05) is 12.1 Å². The molecule has 0 atom stereocenters. The summed E-state index contributed by atoms with van der Waals surface area (Å²) in [6, 6.07) is 6.22. The van der Waals surface area contributed by atoms with Gasteiger partial charge in [0.2, 0.25) is 0 Å². The predicted molar refractivity (Wildman–Crippen MR) is 69.7 cm³/mol. The molecule has 7 heteroatoms. The number of phenols is 1. The molecule has 20 heavy (non-hydrogen) atoms. The summed E-state index contributed by atoms with van der Waals surface area (Å²) in [5.41, 5.74) is 0. The fourth-order valence-corrected chi connectivity index (χ4v) is 1.47. The third-order valence-electron chi connectivity index (χ3n) is 2.46. The second-order valence-electron chi connectivity index (χ2n) is 3.96. The molecule has 2 N–H and O–H groups in total. The number of aliphatic carboxylic acids is 1. The fraction of sp³-hybridized carbons (Fsp3) is 0.385. The number of rotatable bonds is 8. The summed E-state index contributed by atoms with van der Waals surface area (Å²) in [5.74, 6) is -1.52. The van der Waals surface area contributed by atoms with Crippen molar-refractivity contribution in [3.05, 3.63) is 24.3 Å². The van der Waals surface area contributed by atoms with E-state index in [1.807, 2.05) is 0 Å². The van der Waals surface area contributed by atoms with E-state index in [0.29, 0.717) is 0 Å². The number of ether oxygens (including phenoxy) is 2. The summed E-state index contributed by atoms with van der Waals surface area (Å²) >= 11 is 0. The number of para-hydroxylation sites is 2. The van der Waals surface area contributed by atoms with Gasteiger partial charge in [0.1, 0.15) is 6.54 Å². The van der Waals surface area contributed by atoms with Crippen molar-refractivity contribution in [1.29, 1.82) is 0 Å². The van der Waals surface area contributed by atoms with Crippen molar-refractivity contribution in [3.63, 3.8) is 0 Å². The molecule has 0 aliphatic carbocycles. The number of nitrogens with zero attached hydrogens (tertiary/aromatic N) is 1. The number of methoxy groups -OCH3 is 1. The highest BCUT2D eigenvalue weighted by molar-refractivity contribution is 5.82. The van der Waals surface area contributed by atoms with Gasteiger partial charge in [-0.25, -0.2) is 0 Å². The molecule has 0 fully saturated rings. The quantitative estimate of drug-likeness (QED) is 0.713. The molecule has 0 aromatic heterocycles. The molecule has 0 aliphatic rings. The maximum absolute atomic E-state index is 11.9. The standard InChI is InChI=1S/C13H17NO6/c1-19-7-6-14(8-13(17)18)12(16)9-20-11-5-3-2-4-10(11)15/h2-5,15H,6-9H2,1H3,(H,17,18). The second kappa shape index (κ2) is 8.00.